The fraction of sp³-hybridized carbons (Fsp3) is 0.667. The molecule has 2 rings (SSSR count). The summed E-state index contributed by atoms with van der Waals surface area (Å²) in [5.41, 5.74) is 0. The Morgan fingerprint density at radius 3 is 2.88 bits per heavy atom. The van der Waals surface area contributed by atoms with Crippen LogP contribution in [0.2, 0.25) is 0 Å². The molecule has 1 aliphatic rings. The van der Waals surface area contributed by atoms with Crippen molar-refractivity contribution in [2.75, 3.05) is 11.9 Å². The third-order valence-corrected chi connectivity index (χ3v) is 4.21. The predicted octanol–water partition coefficient (Wildman–Crippen LogP) is 3.22. The zero-order chi connectivity index (χ0) is 12.1. The van der Waals surface area contributed by atoms with Gasteiger partial charge in [-0.2, -0.15) is 0 Å². The van der Waals surface area contributed by atoms with Crippen LogP contribution in [-0.4, -0.2) is 22.6 Å². The number of anilines is 1. The average molecular weight is 254 g/mol. The van der Waals surface area contributed by atoms with Crippen molar-refractivity contribution in [1.82, 2.24) is 4.98 Å². The summed E-state index contributed by atoms with van der Waals surface area (Å²) in [6.07, 6.45) is 9.40. The number of nitrogens with zero attached hydrogens (tertiary/aromatic N) is 1. The molecule has 1 aliphatic carbocycles. The van der Waals surface area contributed by atoms with Gasteiger partial charge in [0.05, 0.1) is 6.20 Å². The first-order chi connectivity index (χ1) is 8.25. The Morgan fingerprint density at radius 1 is 1.47 bits per heavy atom. The summed E-state index contributed by atoms with van der Waals surface area (Å²) < 4.78 is 0. The number of rotatable bonds is 5. The molecule has 1 fully saturated rings. The molecule has 0 atom stereocenters. The van der Waals surface area contributed by atoms with Gasteiger partial charge in [-0.15, -0.1) is 0 Å². The van der Waals surface area contributed by atoms with E-state index < -0.39 is 5.97 Å². The maximum Gasteiger partial charge on any atom is 0.347 e. The molecule has 5 heteroatoms. The van der Waals surface area contributed by atoms with Gasteiger partial charge in [-0.05, 0) is 12.3 Å². The van der Waals surface area contributed by atoms with Gasteiger partial charge < -0.3 is 10.4 Å². The second-order valence-corrected chi connectivity index (χ2v) is 5.58. The number of hydrogen-bond acceptors (Lipinski definition) is 4. The lowest BCUT2D eigenvalue weighted by molar-refractivity contribution is 0.0702. The van der Waals surface area contributed by atoms with E-state index in [0.717, 1.165) is 17.6 Å². The molecule has 94 valence electrons. The van der Waals surface area contributed by atoms with Crippen molar-refractivity contribution < 1.29 is 9.90 Å². The fourth-order valence-corrected chi connectivity index (χ4v) is 2.99. The summed E-state index contributed by atoms with van der Waals surface area (Å²) in [6.45, 7) is 0.900. The standard InChI is InChI=1S/C12H18N2O2S/c15-11(16)10-8-14-12(17-10)13-7-6-9-4-2-1-3-5-9/h8-9H,1-7H2,(H,13,14)(H,15,16). The largest absolute Gasteiger partial charge is 0.477 e. The van der Waals surface area contributed by atoms with Crippen molar-refractivity contribution in [3.63, 3.8) is 0 Å². The second-order valence-electron chi connectivity index (χ2n) is 4.55. The number of carbonyl (C=O) groups is 1. The molecule has 1 aromatic heterocycles. The van der Waals surface area contributed by atoms with E-state index in [-0.39, 0.29) is 0 Å². The predicted molar refractivity (Wildman–Crippen MR) is 68.8 cm³/mol. The third-order valence-electron chi connectivity index (χ3n) is 3.27. The molecule has 1 saturated carbocycles. The number of thiazole rings is 1. The molecule has 2 N–H and O–H groups in total. The Balaban J connectivity index is 1.71. The minimum atomic E-state index is -0.900. The Hall–Kier alpha value is -1.10. The van der Waals surface area contributed by atoms with E-state index in [1.54, 1.807) is 0 Å². The Bertz CT molecular complexity index is 372. The molecule has 0 bridgehead atoms. The van der Waals surface area contributed by atoms with Crippen LogP contribution in [0.15, 0.2) is 6.20 Å². The number of carboxylic acids is 1. The lowest BCUT2D eigenvalue weighted by atomic mass is 9.87. The molecule has 4 nitrogen and oxygen atoms in total. The monoisotopic (exact) mass is 254 g/mol. The molecular formula is C12H18N2O2S. The van der Waals surface area contributed by atoms with E-state index in [1.165, 1.54) is 56.1 Å². The second kappa shape index (κ2) is 6.00. The van der Waals surface area contributed by atoms with E-state index in [1.807, 2.05) is 0 Å². The van der Waals surface area contributed by atoms with Gasteiger partial charge in [0.1, 0.15) is 4.88 Å². The number of aromatic carboxylic acids is 1. The number of aromatic nitrogens is 1. The van der Waals surface area contributed by atoms with Crippen molar-refractivity contribution in [3.05, 3.63) is 11.1 Å². The van der Waals surface area contributed by atoms with Crippen molar-refractivity contribution in [2.45, 2.75) is 38.5 Å². The van der Waals surface area contributed by atoms with Gasteiger partial charge in [-0.3, -0.25) is 0 Å². The molecule has 1 heterocycles. The Kier molecular flexibility index (Phi) is 4.36. The normalized spacial score (nSPS) is 16.9. The van der Waals surface area contributed by atoms with Crippen molar-refractivity contribution in [3.8, 4) is 0 Å². The highest BCUT2D eigenvalue weighted by Crippen LogP contribution is 2.26. The van der Waals surface area contributed by atoms with E-state index in [0.29, 0.717) is 4.88 Å². The van der Waals surface area contributed by atoms with Crippen molar-refractivity contribution in [1.29, 1.82) is 0 Å². The van der Waals surface area contributed by atoms with Crippen molar-refractivity contribution in [2.24, 2.45) is 5.92 Å². The molecule has 0 radical (unpaired) electrons. The van der Waals surface area contributed by atoms with E-state index >= 15 is 0 Å². The lowest BCUT2D eigenvalue weighted by Gasteiger charge is -2.21. The van der Waals surface area contributed by atoms with Crippen LogP contribution in [0.3, 0.4) is 0 Å². The van der Waals surface area contributed by atoms with Crippen LogP contribution >= 0.6 is 11.3 Å². The number of nitrogens with one attached hydrogen (secondary N) is 1. The molecule has 0 unspecified atom stereocenters. The van der Waals surface area contributed by atoms with Gasteiger partial charge in [0.25, 0.3) is 0 Å². The van der Waals surface area contributed by atoms with Crippen LogP contribution in [-0.2, 0) is 0 Å². The molecule has 0 aromatic carbocycles. The molecule has 17 heavy (non-hydrogen) atoms. The molecule has 0 aliphatic heterocycles. The van der Waals surface area contributed by atoms with Crippen LogP contribution in [0.1, 0.15) is 48.2 Å². The molecule has 0 saturated heterocycles. The SMILES string of the molecule is O=C(O)c1cnc(NCCC2CCCCC2)s1. The minimum absolute atomic E-state index is 0.296. The lowest BCUT2D eigenvalue weighted by Crippen LogP contribution is -2.11. The maximum atomic E-state index is 10.7. The highest BCUT2D eigenvalue weighted by Gasteiger charge is 2.13. The van der Waals surface area contributed by atoms with Gasteiger partial charge in [-0.25, -0.2) is 9.78 Å². The van der Waals surface area contributed by atoms with Crippen LogP contribution in [0.4, 0.5) is 5.13 Å². The third kappa shape index (κ3) is 3.70. The topological polar surface area (TPSA) is 62.2 Å². The highest BCUT2D eigenvalue weighted by molar-refractivity contribution is 7.17. The summed E-state index contributed by atoms with van der Waals surface area (Å²) in [7, 11) is 0. The Morgan fingerprint density at radius 2 is 2.24 bits per heavy atom. The smallest absolute Gasteiger partial charge is 0.347 e. The first kappa shape index (κ1) is 12.4. The van der Waals surface area contributed by atoms with Crippen LogP contribution in [0, 0.1) is 5.92 Å². The maximum absolute atomic E-state index is 10.7. The van der Waals surface area contributed by atoms with Gasteiger partial charge in [-0.1, -0.05) is 43.4 Å². The summed E-state index contributed by atoms with van der Waals surface area (Å²) in [5, 5.41) is 12.7. The van der Waals surface area contributed by atoms with Crippen molar-refractivity contribution >= 4 is 22.4 Å². The quantitative estimate of drug-likeness (QED) is 0.847. The van der Waals surface area contributed by atoms with Gasteiger partial charge in [0.2, 0.25) is 0 Å². The first-order valence-corrected chi connectivity index (χ1v) is 7.00. The highest BCUT2D eigenvalue weighted by atomic mass is 32.1. The summed E-state index contributed by atoms with van der Waals surface area (Å²) in [5.74, 6) is -0.0574. The summed E-state index contributed by atoms with van der Waals surface area (Å²) in [4.78, 5) is 15.0. The van der Waals surface area contributed by atoms with Crippen LogP contribution in [0.25, 0.3) is 0 Å². The van der Waals surface area contributed by atoms with Gasteiger partial charge >= 0.3 is 5.97 Å². The number of hydrogen-bond donors (Lipinski definition) is 2. The summed E-state index contributed by atoms with van der Waals surface area (Å²) in [6, 6.07) is 0. The zero-order valence-electron chi connectivity index (χ0n) is 9.82. The summed E-state index contributed by atoms with van der Waals surface area (Å²) >= 11 is 1.21. The van der Waals surface area contributed by atoms with Crippen LogP contribution < -0.4 is 5.32 Å². The minimum Gasteiger partial charge on any atom is -0.477 e. The Labute approximate surface area is 105 Å². The van der Waals surface area contributed by atoms with E-state index in [9.17, 15) is 4.79 Å². The molecule has 0 amide bonds. The van der Waals surface area contributed by atoms with E-state index in [2.05, 4.69) is 10.3 Å². The molecular weight excluding hydrogens is 236 g/mol. The van der Waals surface area contributed by atoms with Gasteiger partial charge in [0, 0.05) is 6.54 Å². The average Bonchev–Trinajstić information content (AvgIpc) is 2.79. The fourth-order valence-electron chi connectivity index (χ4n) is 2.31. The molecule has 0 spiro atoms. The van der Waals surface area contributed by atoms with E-state index in [4.69, 9.17) is 5.11 Å². The van der Waals surface area contributed by atoms with Gasteiger partial charge in [0.15, 0.2) is 5.13 Å². The zero-order valence-corrected chi connectivity index (χ0v) is 10.6. The molecule has 1 aromatic rings. The first-order valence-electron chi connectivity index (χ1n) is 6.18. The van der Waals surface area contributed by atoms with Crippen LogP contribution in [0.5, 0.6) is 0 Å². The number of carboxylic acid groups (broad SMARTS) is 1.